The van der Waals surface area contributed by atoms with Crippen LogP contribution >= 0.6 is 0 Å². The van der Waals surface area contributed by atoms with E-state index < -0.39 is 11.4 Å². The molecule has 0 spiro atoms. The second kappa shape index (κ2) is 9.25. The highest BCUT2D eigenvalue weighted by molar-refractivity contribution is 5.74. The molecule has 1 rings (SSSR count). The van der Waals surface area contributed by atoms with E-state index >= 15 is 0 Å². The minimum atomic E-state index is -0.785. The molecule has 112 valence electrons. The van der Waals surface area contributed by atoms with Gasteiger partial charge in [0.1, 0.15) is 0 Å². The number of rotatable bonds is 10. The molecule has 0 aromatic heterocycles. The first-order chi connectivity index (χ1) is 9.21. The molecule has 0 amide bonds. The molecule has 1 fully saturated rings. The molecule has 0 aromatic carbocycles. The molecular weight excluding hydrogens is 252 g/mol. The lowest BCUT2D eigenvalue weighted by Gasteiger charge is -2.32. The number of hydrogen-bond acceptors (Lipinski definition) is 5. The zero-order chi connectivity index (χ0) is 14.0. The standard InChI is InChI=1S/C13H24O6/c1-16-7-8-18-10-9-17-6-4-13(12(14)15)3-2-5-19-11-13/h2-11H2,1H3,(H,14,15). The van der Waals surface area contributed by atoms with Crippen molar-refractivity contribution in [3.05, 3.63) is 0 Å². The van der Waals surface area contributed by atoms with Gasteiger partial charge >= 0.3 is 5.97 Å². The van der Waals surface area contributed by atoms with Gasteiger partial charge in [-0.15, -0.1) is 0 Å². The van der Waals surface area contributed by atoms with Crippen LogP contribution in [0.15, 0.2) is 0 Å². The van der Waals surface area contributed by atoms with Crippen LogP contribution in [0.4, 0.5) is 0 Å². The quantitative estimate of drug-likeness (QED) is 0.599. The molecule has 0 saturated carbocycles. The van der Waals surface area contributed by atoms with Crippen LogP contribution in [0.5, 0.6) is 0 Å². The molecule has 6 nitrogen and oxygen atoms in total. The molecule has 1 aliphatic rings. The summed E-state index contributed by atoms with van der Waals surface area (Å²) in [6.45, 7) is 3.45. The van der Waals surface area contributed by atoms with Gasteiger partial charge in [0.05, 0.1) is 38.4 Å². The van der Waals surface area contributed by atoms with Crippen molar-refractivity contribution in [1.29, 1.82) is 0 Å². The normalized spacial score (nSPS) is 23.4. The van der Waals surface area contributed by atoms with Crippen molar-refractivity contribution in [2.75, 3.05) is 53.4 Å². The van der Waals surface area contributed by atoms with Crippen molar-refractivity contribution in [2.45, 2.75) is 19.3 Å². The number of hydrogen-bond donors (Lipinski definition) is 1. The third-order valence-electron chi connectivity index (χ3n) is 3.30. The predicted octanol–water partition coefficient (Wildman–Crippen LogP) is 0.937. The first kappa shape index (κ1) is 16.4. The summed E-state index contributed by atoms with van der Waals surface area (Å²) in [6.07, 6.45) is 1.95. The van der Waals surface area contributed by atoms with E-state index in [9.17, 15) is 9.90 Å². The first-order valence-corrected chi connectivity index (χ1v) is 6.67. The summed E-state index contributed by atoms with van der Waals surface area (Å²) in [6, 6.07) is 0. The van der Waals surface area contributed by atoms with Crippen molar-refractivity contribution in [2.24, 2.45) is 5.41 Å². The van der Waals surface area contributed by atoms with Crippen LogP contribution in [0.1, 0.15) is 19.3 Å². The maximum absolute atomic E-state index is 11.3. The number of carboxylic acid groups (broad SMARTS) is 1. The van der Waals surface area contributed by atoms with Gasteiger partial charge in [-0.2, -0.15) is 0 Å². The van der Waals surface area contributed by atoms with Gasteiger partial charge in [0.15, 0.2) is 0 Å². The molecule has 1 N–H and O–H groups in total. The summed E-state index contributed by atoms with van der Waals surface area (Å²) in [4.78, 5) is 11.3. The molecule has 1 heterocycles. The van der Waals surface area contributed by atoms with Crippen LogP contribution in [0, 0.1) is 5.41 Å². The fraction of sp³-hybridized carbons (Fsp3) is 0.923. The van der Waals surface area contributed by atoms with Crippen LogP contribution in [0.2, 0.25) is 0 Å². The zero-order valence-corrected chi connectivity index (χ0v) is 11.6. The van der Waals surface area contributed by atoms with Crippen molar-refractivity contribution < 1.29 is 28.8 Å². The van der Waals surface area contributed by atoms with Gasteiger partial charge in [-0.1, -0.05) is 0 Å². The third-order valence-corrected chi connectivity index (χ3v) is 3.30. The Bertz CT molecular complexity index is 250. The summed E-state index contributed by atoms with van der Waals surface area (Å²) in [5.74, 6) is -0.785. The van der Waals surface area contributed by atoms with Crippen LogP contribution in [-0.4, -0.2) is 64.4 Å². The molecule has 6 heteroatoms. The average molecular weight is 276 g/mol. The summed E-state index contributed by atoms with van der Waals surface area (Å²) in [5.41, 5.74) is -0.769. The van der Waals surface area contributed by atoms with Gasteiger partial charge in [0, 0.05) is 20.3 Å². The highest BCUT2D eigenvalue weighted by Gasteiger charge is 2.40. The molecule has 0 radical (unpaired) electrons. The third kappa shape index (κ3) is 5.86. The van der Waals surface area contributed by atoms with Gasteiger partial charge in [0.25, 0.3) is 0 Å². The molecular formula is C13H24O6. The fourth-order valence-corrected chi connectivity index (χ4v) is 2.06. The monoisotopic (exact) mass is 276 g/mol. The van der Waals surface area contributed by atoms with Gasteiger partial charge in [0.2, 0.25) is 0 Å². The summed E-state index contributed by atoms with van der Waals surface area (Å²) in [7, 11) is 1.62. The average Bonchev–Trinajstić information content (AvgIpc) is 2.42. The number of methoxy groups -OCH3 is 1. The molecule has 1 atom stereocenters. The lowest BCUT2D eigenvalue weighted by molar-refractivity contribution is -0.159. The highest BCUT2D eigenvalue weighted by Crippen LogP contribution is 2.32. The SMILES string of the molecule is COCCOCCOCCC1(C(=O)O)CCCOC1. The maximum atomic E-state index is 11.3. The topological polar surface area (TPSA) is 74.2 Å². The van der Waals surface area contributed by atoms with Crippen LogP contribution in [0.3, 0.4) is 0 Å². The second-order valence-corrected chi connectivity index (χ2v) is 4.71. The summed E-state index contributed by atoms with van der Waals surface area (Å²) < 4.78 is 20.8. The Morgan fingerprint density at radius 2 is 1.89 bits per heavy atom. The smallest absolute Gasteiger partial charge is 0.312 e. The van der Waals surface area contributed by atoms with Crippen LogP contribution in [0.25, 0.3) is 0 Å². The van der Waals surface area contributed by atoms with E-state index in [1.54, 1.807) is 7.11 Å². The Labute approximate surface area is 114 Å². The minimum absolute atomic E-state index is 0.288. The van der Waals surface area contributed by atoms with E-state index in [0.29, 0.717) is 52.5 Å². The Hall–Kier alpha value is -0.690. The Balaban J connectivity index is 2.10. The Morgan fingerprint density at radius 3 is 2.47 bits per heavy atom. The van der Waals surface area contributed by atoms with E-state index in [1.165, 1.54) is 0 Å². The molecule has 1 aliphatic heterocycles. The largest absolute Gasteiger partial charge is 0.481 e. The van der Waals surface area contributed by atoms with Gasteiger partial charge in [-0.05, 0) is 19.3 Å². The molecule has 0 bridgehead atoms. The highest BCUT2D eigenvalue weighted by atomic mass is 16.5. The van der Waals surface area contributed by atoms with Gasteiger partial charge in [-0.3, -0.25) is 4.79 Å². The van der Waals surface area contributed by atoms with Crippen molar-refractivity contribution >= 4 is 5.97 Å². The van der Waals surface area contributed by atoms with Crippen molar-refractivity contribution in [3.63, 3.8) is 0 Å². The van der Waals surface area contributed by atoms with Gasteiger partial charge < -0.3 is 24.1 Å². The fourth-order valence-electron chi connectivity index (χ4n) is 2.06. The summed E-state index contributed by atoms with van der Waals surface area (Å²) >= 11 is 0. The second-order valence-electron chi connectivity index (χ2n) is 4.71. The molecule has 1 saturated heterocycles. The van der Waals surface area contributed by atoms with E-state index in [0.717, 1.165) is 6.42 Å². The lowest BCUT2D eigenvalue weighted by Crippen LogP contribution is -2.40. The summed E-state index contributed by atoms with van der Waals surface area (Å²) in [5, 5.41) is 9.31. The minimum Gasteiger partial charge on any atom is -0.481 e. The molecule has 0 aliphatic carbocycles. The van der Waals surface area contributed by atoms with Crippen LogP contribution in [-0.2, 0) is 23.7 Å². The van der Waals surface area contributed by atoms with E-state index in [1.807, 2.05) is 0 Å². The van der Waals surface area contributed by atoms with E-state index in [-0.39, 0.29) is 6.61 Å². The molecule has 1 unspecified atom stereocenters. The predicted molar refractivity (Wildman–Crippen MR) is 68.3 cm³/mol. The number of ether oxygens (including phenoxy) is 4. The zero-order valence-electron chi connectivity index (χ0n) is 11.6. The molecule has 19 heavy (non-hydrogen) atoms. The Morgan fingerprint density at radius 1 is 1.21 bits per heavy atom. The number of carbonyl (C=O) groups is 1. The van der Waals surface area contributed by atoms with Crippen LogP contribution < -0.4 is 0 Å². The van der Waals surface area contributed by atoms with Crippen molar-refractivity contribution in [3.8, 4) is 0 Å². The number of aliphatic carboxylic acids is 1. The Kier molecular flexibility index (Phi) is 7.97. The van der Waals surface area contributed by atoms with E-state index in [2.05, 4.69) is 0 Å². The molecule has 0 aromatic rings. The van der Waals surface area contributed by atoms with Crippen molar-refractivity contribution in [1.82, 2.24) is 0 Å². The van der Waals surface area contributed by atoms with E-state index in [4.69, 9.17) is 18.9 Å². The lowest BCUT2D eigenvalue weighted by atomic mass is 9.80. The maximum Gasteiger partial charge on any atom is 0.312 e. The first-order valence-electron chi connectivity index (χ1n) is 6.67. The number of carboxylic acids is 1. The van der Waals surface area contributed by atoms with Gasteiger partial charge in [-0.25, -0.2) is 0 Å².